The average Bonchev–Trinajstić information content (AvgIpc) is 2.72. The van der Waals surface area contributed by atoms with Crippen molar-refractivity contribution in [2.24, 2.45) is 11.7 Å². The quantitative estimate of drug-likeness (QED) is 0.167. The summed E-state index contributed by atoms with van der Waals surface area (Å²) in [7, 11) is 0. The first-order valence-electron chi connectivity index (χ1n) is 12.3. The molecule has 0 saturated carbocycles. The molecule has 0 aromatic heterocycles. The zero-order valence-corrected chi connectivity index (χ0v) is 19.8. The van der Waals surface area contributed by atoms with Crippen LogP contribution in [0.1, 0.15) is 124 Å². The van der Waals surface area contributed by atoms with Crippen molar-refractivity contribution >= 4 is 5.97 Å². The van der Waals surface area contributed by atoms with Crippen molar-refractivity contribution in [3.63, 3.8) is 0 Å². The Labute approximate surface area is 182 Å². The van der Waals surface area contributed by atoms with E-state index >= 15 is 0 Å². The fourth-order valence-corrected chi connectivity index (χ4v) is 3.07. The van der Waals surface area contributed by atoms with Crippen molar-refractivity contribution in [1.29, 1.82) is 0 Å². The van der Waals surface area contributed by atoms with Gasteiger partial charge in [0.2, 0.25) is 0 Å². The first kappa shape index (κ1) is 30.1. The molecule has 0 aliphatic carbocycles. The summed E-state index contributed by atoms with van der Waals surface area (Å²) in [6.07, 6.45) is 27.5. The van der Waals surface area contributed by atoms with Crippen LogP contribution in [0.15, 0.2) is 24.3 Å². The monoisotopic (exact) mass is 409 g/mol. The van der Waals surface area contributed by atoms with E-state index in [0.717, 1.165) is 38.1 Å². The minimum Gasteiger partial charge on any atom is -0.481 e. The van der Waals surface area contributed by atoms with Gasteiger partial charge in [0.05, 0.1) is 0 Å². The Bertz CT molecular complexity index is 373. The molecule has 3 heteroatoms. The highest BCUT2D eigenvalue weighted by molar-refractivity contribution is 5.66. The van der Waals surface area contributed by atoms with Crippen LogP contribution in [0, 0.1) is 5.92 Å². The van der Waals surface area contributed by atoms with Crippen LogP contribution in [0.25, 0.3) is 0 Å². The highest BCUT2D eigenvalue weighted by Gasteiger charge is 2.00. The molecule has 0 rings (SSSR count). The molecule has 0 amide bonds. The van der Waals surface area contributed by atoms with E-state index in [-0.39, 0.29) is 0 Å². The third kappa shape index (κ3) is 29.2. The van der Waals surface area contributed by atoms with Gasteiger partial charge in [0, 0.05) is 6.42 Å². The Hall–Kier alpha value is -1.09. The molecule has 0 aliphatic rings. The molecule has 0 aliphatic heterocycles. The predicted octanol–water partition coefficient (Wildman–Crippen LogP) is 8.05. The Morgan fingerprint density at radius 3 is 1.86 bits per heavy atom. The standard InChI is InChI=1S/C18H32O2.C8H19N/c1-2-3-4-5-6-7-8-9-10-11-12-13-14-15-16-17-18(19)20;1-3-5-6-8(4-2)7-9/h6-7,9-10H,2-5,8,11-17H2,1H3,(H,19,20);8H,3-7,9H2,1-2H3/b7-6-,10-9-;. The van der Waals surface area contributed by atoms with Crippen molar-refractivity contribution in [2.45, 2.75) is 124 Å². The highest BCUT2D eigenvalue weighted by Crippen LogP contribution is 2.10. The lowest BCUT2D eigenvalue weighted by Crippen LogP contribution is -2.12. The van der Waals surface area contributed by atoms with Crippen LogP contribution in [0.3, 0.4) is 0 Å². The van der Waals surface area contributed by atoms with Gasteiger partial charge in [0.15, 0.2) is 0 Å². The number of nitrogens with two attached hydrogens (primary N) is 1. The minimum absolute atomic E-state index is 0.324. The molecule has 0 spiro atoms. The van der Waals surface area contributed by atoms with E-state index in [9.17, 15) is 4.79 Å². The van der Waals surface area contributed by atoms with E-state index in [0.29, 0.717) is 6.42 Å². The van der Waals surface area contributed by atoms with Gasteiger partial charge in [-0.05, 0) is 57.4 Å². The van der Waals surface area contributed by atoms with E-state index in [2.05, 4.69) is 45.1 Å². The summed E-state index contributed by atoms with van der Waals surface area (Å²) in [5.41, 5.74) is 5.52. The van der Waals surface area contributed by atoms with Crippen molar-refractivity contribution in [3.8, 4) is 0 Å². The molecule has 3 nitrogen and oxygen atoms in total. The molecule has 0 aromatic rings. The molecule has 0 fully saturated rings. The SMILES string of the molecule is CCCCC(CC)CN.CCCCC/C=C\C/C=C\CCCCCCCC(=O)O. The second-order valence-corrected chi connectivity index (χ2v) is 8.03. The lowest BCUT2D eigenvalue weighted by atomic mass is 10.00. The second-order valence-electron chi connectivity index (χ2n) is 8.03. The van der Waals surface area contributed by atoms with Gasteiger partial charge in [-0.15, -0.1) is 0 Å². The largest absolute Gasteiger partial charge is 0.481 e. The summed E-state index contributed by atoms with van der Waals surface area (Å²) >= 11 is 0. The molecule has 3 N–H and O–H groups in total. The third-order valence-electron chi connectivity index (χ3n) is 5.22. The fourth-order valence-electron chi connectivity index (χ4n) is 3.07. The van der Waals surface area contributed by atoms with Gasteiger partial charge >= 0.3 is 5.97 Å². The zero-order valence-electron chi connectivity index (χ0n) is 19.8. The van der Waals surface area contributed by atoms with Crippen molar-refractivity contribution in [3.05, 3.63) is 24.3 Å². The van der Waals surface area contributed by atoms with E-state index in [1.807, 2.05) is 0 Å². The van der Waals surface area contributed by atoms with Crippen LogP contribution < -0.4 is 5.73 Å². The molecule has 0 bridgehead atoms. The molecule has 1 unspecified atom stereocenters. The topological polar surface area (TPSA) is 63.3 Å². The molecule has 0 saturated heterocycles. The molecule has 172 valence electrons. The predicted molar refractivity (Wildman–Crippen MR) is 129 cm³/mol. The molecular weight excluding hydrogens is 358 g/mol. The Morgan fingerprint density at radius 2 is 1.34 bits per heavy atom. The third-order valence-corrected chi connectivity index (χ3v) is 5.22. The molecule has 0 radical (unpaired) electrons. The molecule has 0 aromatic carbocycles. The number of hydrogen-bond acceptors (Lipinski definition) is 2. The lowest BCUT2D eigenvalue weighted by Gasteiger charge is -2.09. The lowest BCUT2D eigenvalue weighted by molar-refractivity contribution is -0.137. The Balaban J connectivity index is 0. The van der Waals surface area contributed by atoms with Gasteiger partial charge in [-0.3, -0.25) is 4.79 Å². The summed E-state index contributed by atoms with van der Waals surface area (Å²) in [6.45, 7) is 7.55. The maximum atomic E-state index is 10.3. The Morgan fingerprint density at radius 1 is 0.793 bits per heavy atom. The van der Waals surface area contributed by atoms with Gasteiger partial charge < -0.3 is 10.8 Å². The number of hydrogen-bond donors (Lipinski definition) is 2. The molecular formula is C26H51NO2. The second kappa shape index (κ2) is 26.9. The van der Waals surface area contributed by atoms with Crippen molar-refractivity contribution in [2.75, 3.05) is 6.54 Å². The number of unbranched alkanes of at least 4 members (excludes halogenated alkanes) is 9. The van der Waals surface area contributed by atoms with Crippen LogP contribution in [-0.4, -0.2) is 17.6 Å². The van der Waals surface area contributed by atoms with Crippen LogP contribution >= 0.6 is 0 Å². The van der Waals surface area contributed by atoms with Crippen LogP contribution in [0.4, 0.5) is 0 Å². The molecule has 1 atom stereocenters. The minimum atomic E-state index is -0.671. The first-order chi connectivity index (χ1) is 14.1. The van der Waals surface area contributed by atoms with Crippen LogP contribution in [0.5, 0.6) is 0 Å². The van der Waals surface area contributed by atoms with Gasteiger partial charge in [0.25, 0.3) is 0 Å². The summed E-state index contributed by atoms with van der Waals surface area (Å²) < 4.78 is 0. The maximum Gasteiger partial charge on any atom is 0.303 e. The summed E-state index contributed by atoms with van der Waals surface area (Å²) in [4.78, 5) is 10.3. The summed E-state index contributed by atoms with van der Waals surface area (Å²) in [5.74, 6) is 0.112. The van der Waals surface area contributed by atoms with Gasteiger partial charge in [-0.25, -0.2) is 0 Å². The molecule has 0 heterocycles. The van der Waals surface area contributed by atoms with E-state index in [1.165, 1.54) is 70.6 Å². The van der Waals surface area contributed by atoms with E-state index in [4.69, 9.17) is 10.8 Å². The number of allylic oxidation sites excluding steroid dienone is 4. The Kier molecular flexibility index (Phi) is 27.9. The van der Waals surface area contributed by atoms with Crippen molar-refractivity contribution in [1.82, 2.24) is 0 Å². The summed E-state index contributed by atoms with van der Waals surface area (Å²) in [5, 5.41) is 8.50. The van der Waals surface area contributed by atoms with E-state index in [1.54, 1.807) is 0 Å². The van der Waals surface area contributed by atoms with Gasteiger partial charge in [-0.1, -0.05) is 96.4 Å². The number of carboxylic acids is 1. The molecule has 29 heavy (non-hydrogen) atoms. The summed E-state index contributed by atoms with van der Waals surface area (Å²) in [6, 6.07) is 0. The normalized spacial score (nSPS) is 12.3. The number of aliphatic carboxylic acids is 1. The number of rotatable bonds is 19. The van der Waals surface area contributed by atoms with Crippen LogP contribution in [0.2, 0.25) is 0 Å². The highest BCUT2D eigenvalue weighted by atomic mass is 16.4. The smallest absolute Gasteiger partial charge is 0.303 e. The fraction of sp³-hybridized carbons (Fsp3) is 0.808. The van der Waals surface area contributed by atoms with Crippen molar-refractivity contribution < 1.29 is 9.90 Å². The number of carboxylic acid groups (broad SMARTS) is 1. The number of carbonyl (C=O) groups is 1. The van der Waals surface area contributed by atoms with Gasteiger partial charge in [0.1, 0.15) is 0 Å². The van der Waals surface area contributed by atoms with Gasteiger partial charge in [-0.2, -0.15) is 0 Å². The zero-order chi connectivity index (χ0) is 22.0. The first-order valence-corrected chi connectivity index (χ1v) is 12.3. The van der Waals surface area contributed by atoms with E-state index < -0.39 is 5.97 Å². The maximum absolute atomic E-state index is 10.3. The average molecular weight is 410 g/mol. The van der Waals surface area contributed by atoms with Crippen LogP contribution in [-0.2, 0) is 4.79 Å².